The molecular weight excluding hydrogens is 373 g/mol. The quantitative estimate of drug-likeness (QED) is 0.684. The van der Waals surface area contributed by atoms with Crippen molar-refractivity contribution in [3.8, 4) is 17.5 Å². The summed E-state index contributed by atoms with van der Waals surface area (Å²) in [7, 11) is 0. The number of benzene rings is 2. The molecule has 4 rings (SSSR count). The van der Waals surface area contributed by atoms with E-state index in [-0.39, 0.29) is 25.2 Å². The minimum Gasteiger partial charge on any atom is -0.459 e. The summed E-state index contributed by atoms with van der Waals surface area (Å²) in [6.45, 7) is 0.826. The smallest absolute Gasteiger partial charge is 0.318 e. The van der Waals surface area contributed by atoms with E-state index in [1.54, 1.807) is 12.1 Å². The lowest BCUT2D eigenvalue weighted by atomic mass is 10.2. The topological polar surface area (TPSA) is 65.5 Å². The minimum atomic E-state index is -0.561. The van der Waals surface area contributed by atoms with Crippen molar-refractivity contribution in [2.75, 3.05) is 12.1 Å². The van der Waals surface area contributed by atoms with Crippen LogP contribution in [0.5, 0.6) is 17.5 Å². The van der Waals surface area contributed by atoms with E-state index < -0.39 is 5.82 Å². The van der Waals surface area contributed by atoms with E-state index >= 15 is 0 Å². The summed E-state index contributed by atoms with van der Waals surface area (Å²) in [5.74, 6) is 0.873. The number of hydrogen-bond acceptors (Lipinski definition) is 6. The summed E-state index contributed by atoms with van der Waals surface area (Å²) in [6, 6.07) is 12.8. The molecule has 3 aromatic rings. The lowest BCUT2D eigenvalue weighted by Crippen LogP contribution is -2.07. The van der Waals surface area contributed by atoms with E-state index in [1.807, 2.05) is 30.3 Å². The fourth-order valence-electron chi connectivity index (χ4n) is 2.51. The van der Waals surface area contributed by atoms with Crippen molar-refractivity contribution < 1.29 is 18.6 Å². The number of fused-ring (bicyclic) bond motifs is 1. The third-order valence-corrected chi connectivity index (χ3v) is 4.15. The van der Waals surface area contributed by atoms with Crippen molar-refractivity contribution in [3.63, 3.8) is 0 Å². The average molecular weight is 388 g/mol. The van der Waals surface area contributed by atoms with Gasteiger partial charge in [0.25, 0.3) is 0 Å². The summed E-state index contributed by atoms with van der Waals surface area (Å²) in [5.41, 5.74) is 1.81. The van der Waals surface area contributed by atoms with Crippen LogP contribution in [-0.2, 0) is 13.2 Å². The Morgan fingerprint density at radius 2 is 1.85 bits per heavy atom. The molecule has 0 radical (unpaired) electrons. The Morgan fingerprint density at radius 3 is 2.70 bits per heavy atom. The maximum absolute atomic E-state index is 14.0. The second-order valence-electron chi connectivity index (χ2n) is 5.81. The van der Waals surface area contributed by atoms with Gasteiger partial charge >= 0.3 is 6.01 Å². The fourth-order valence-corrected chi connectivity index (χ4v) is 2.64. The van der Waals surface area contributed by atoms with Gasteiger partial charge in [0.1, 0.15) is 6.61 Å². The lowest BCUT2D eigenvalue weighted by Gasteiger charge is -2.09. The molecule has 0 amide bonds. The predicted molar refractivity (Wildman–Crippen MR) is 97.7 cm³/mol. The van der Waals surface area contributed by atoms with E-state index in [0.29, 0.717) is 23.1 Å². The predicted octanol–water partition coefficient (Wildman–Crippen LogP) is 4.19. The molecule has 2 aromatic carbocycles. The van der Waals surface area contributed by atoms with Gasteiger partial charge in [0.2, 0.25) is 6.79 Å². The van der Waals surface area contributed by atoms with Crippen LogP contribution in [0.2, 0.25) is 5.02 Å². The van der Waals surface area contributed by atoms with Crippen LogP contribution in [0.25, 0.3) is 0 Å². The third kappa shape index (κ3) is 4.20. The van der Waals surface area contributed by atoms with Gasteiger partial charge in [-0.2, -0.15) is 4.98 Å². The van der Waals surface area contributed by atoms with Gasteiger partial charge in [-0.3, -0.25) is 0 Å². The van der Waals surface area contributed by atoms with Gasteiger partial charge in [0.05, 0.1) is 6.20 Å². The molecule has 0 bridgehead atoms. The van der Waals surface area contributed by atoms with Crippen LogP contribution in [0, 0.1) is 5.82 Å². The molecule has 0 saturated heterocycles. The third-order valence-electron chi connectivity index (χ3n) is 3.90. The second kappa shape index (κ2) is 7.67. The monoisotopic (exact) mass is 387 g/mol. The first-order valence-electron chi connectivity index (χ1n) is 8.19. The Morgan fingerprint density at radius 1 is 1.07 bits per heavy atom. The maximum atomic E-state index is 14.0. The first-order chi connectivity index (χ1) is 13.2. The van der Waals surface area contributed by atoms with Crippen LogP contribution >= 0.6 is 11.6 Å². The summed E-state index contributed by atoms with van der Waals surface area (Å²) in [6.07, 6.45) is 1.08. The first kappa shape index (κ1) is 17.4. The summed E-state index contributed by atoms with van der Waals surface area (Å²) < 4.78 is 30.1. The zero-order valence-corrected chi connectivity index (χ0v) is 14.9. The van der Waals surface area contributed by atoms with E-state index in [0.717, 1.165) is 17.3 Å². The molecule has 1 aromatic heterocycles. The number of ether oxygens (including phenoxy) is 3. The summed E-state index contributed by atoms with van der Waals surface area (Å²) in [4.78, 5) is 7.95. The zero-order valence-electron chi connectivity index (χ0n) is 14.1. The molecule has 8 heteroatoms. The maximum Gasteiger partial charge on any atom is 0.318 e. The van der Waals surface area contributed by atoms with E-state index in [2.05, 4.69) is 15.3 Å². The molecule has 138 valence electrons. The number of nitrogens with zero attached hydrogens (tertiary/aromatic N) is 2. The van der Waals surface area contributed by atoms with Crippen LogP contribution in [0.3, 0.4) is 0 Å². The van der Waals surface area contributed by atoms with E-state index in [9.17, 15) is 4.39 Å². The number of halogens is 2. The molecule has 0 atom stereocenters. The summed E-state index contributed by atoms with van der Waals surface area (Å²) >= 11 is 5.85. The Balaban J connectivity index is 1.40. The Labute approximate surface area is 159 Å². The van der Waals surface area contributed by atoms with Gasteiger partial charge in [-0.25, -0.2) is 9.37 Å². The molecule has 0 aliphatic carbocycles. The van der Waals surface area contributed by atoms with Gasteiger partial charge in [-0.05, 0) is 35.4 Å². The highest BCUT2D eigenvalue weighted by Gasteiger charge is 2.14. The van der Waals surface area contributed by atoms with E-state index in [1.165, 1.54) is 0 Å². The standard InChI is InChI=1S/C19H15ClFN3O3/c20-14-4-1-12(2-5-14)10-25-19-23-9-15(21)18(24-19)22-8-13-3-6-16-17(7-13)27-11-26-16/h1-7,9H,8,10-11H2,(H,22,23,24). The normalized spacial score (nSPS) is 12.1. The van der Waals surface area contributed by atoms with Gasteiger partial charge in [0.15, 0.2) is 23.1 Å². The first-order valence-corrected chi connectivity index (χ1v) is 8.57. The van der Waals surface area contributed by atoms with Crippen LogP contribution in [0.1, 0.15) is 11.1 Å². The highest BCUT2D eigenvalue weighted by Crippen LogP contribution is 2.32. The highest BCUT2D eigenvalue weighted by molar-refractivity contribution is 6.30. The SMILES string of the molecule is Fc1cnc(OCc2ccc(Cl)cc2)nc1NCc1ccc2c(c1)OCO2. The van der Waals surface area contributed by atoms with Crippen molar-refractivity contribution in [2.24, 2.45) is 0 Å². The van der Waals surface area contributed by atoms with Crippen molar-refractivity contribution in [2.45, 2.75) is 13.2 Å². The molecule has 0 saturated carbocycles. The Kier molecular flexibility index (Phi) is 4.93. The van der Waals surface area contributed by atoms with E-state index in [4.69, 9.17) is 25.8 Å². The Hall–Kier alpha value is -3.06. The number of aromatic nitrogens is 2. The number of anilines is 1. The average Bonchev–Trinajstić information content (AvgIpc) is 3.15. The molecule has 0 spiro atoms. The number of nitrogens with one attached hydrogen (secondary N) is 1. The number of rotatable bonds is 6. The van der Waals surface area contributed by atoms with Crippen LogP contribution in [0.4, 0.5) is 10.2 Å². The fraction of sp³-hybridized carbons (Fsp3) is 0.158. The van der Waals surface area contributed by atoms with Gasteiger partial charge in [0, 0.05) is 11.6 Å². The molecule has 1 N–H and O–H groups in total. The second-order valence-corrected chi connectivity index (χ2v) is 6.24. The highest BCUT2D eigenvalue weighted by atomic mass is 35.5. The van der Waals surface area contributed by atoms with Crippen LogP contribution < -0.4 is 19.5 Å². The minimum absolute atomic E-state index is 0.0637. The Bertz CT molecular complexity index is 953. The van der Waals surface area contributed by atoms with Crippen LogP contribution in [0.15, 0.2) is 48.7 Å². The molecule has 1 aliphatic heterocycles. The molecular formula is C19H15ClFN3O3. The molecule has 0 fully saturated rings. The van der Waals surface area contributed by atoms with Crippen LogP contribution in [-0.4, -0.2) is 16.8 Å². The van der Waals surface area contributed by atoms with Gasteiger partial charge in [-0.15, -0.1) is 0 Å². The summed E-state index contributed by atoms with van der Waals surface area (Å²) in [5, 5.41) is 3.59. The molecule has 27 heavy (non-hydrogen) atoms. The molecule has 6 nitrogen and oxygen atoms in total. The van der Waals surface area contributed by atoms with Crippen molar-refractivity contribution >= 4 is 17.4 Å². The van der Waals surface area contributed by atoms with Crippen molar-refractivity contribution in [1.29, 1.82) is 0 Å². The zero-order chi connectivity index (χ0) is 18.6. The van der Waals surface area contributed by atoms with Crippen molar-refractivity contribution in [3.05, 3.63) is 70.6 Å². The number of hydrogen-bond donors (Lipinski definition) is 1. The van der Waals surface area contributed by atoms with Gasteiger partial charge in [-0.1, -0.05) is 29.8 Å². The van der Waals surface area contributed by atoms with Gasteiger partial charge < -0.3 is 19.5 Å². The van der Waals surface area contributed by atoms with Crippen molar-refractivity contribution in [1.82, 2.24) is 9.97 Å². The largest absolute Gasteiger partial charge is 0.459 e. The molecule has 2 heterocycles. The lowest BCUT2D eigenvalue weighted by molar-refractivity contribution is 0.174. The molecule has 1 aliphatic rings. The molecule has 0 unspecified atom stereocenters.